The molecule has 1 aliphatic heterocycles. The van der Waals surface area contributed by atoms with Crippen molar-refractivity contribution in [3.63, 3.8) is 0 Å². The molecule has 1 atom stereocenters. The molecule has 1 unspecified atom stereocenters. The Bertz CT molecular complexity index is 479. The first-order valence-electron chi connectivity index (χ1n) is 5.49. The molecule has 2 aromatic rings. The van der Waals surface area contributed by atoms with E-state index >= 15 is 0 Å². The quantitative estimate of drug-likeness (QED) is 0.861. The number of nitrogens with one attached hydrogen (secondary N) is 1. The van der Waals surface area contributed by atoms with Crippen molar-refractivity contribution in [2.45, 2.75) is 18.9 Å². The van der Waals surface area contributed by atoms with Gasteiger partial charge in [0.2, 0.25) is 0 Å². The van der Waals surface area contributed by atoms with E-state index in [0.717, 1.165) is 11.0 Å². The van der Waals surface area contributed by atoms with E-state index in [1.807, 2.05) is 17.8 Å². The van der Waals surface area contributed by atoms with Crippen LogP contribution in [0.4, 0.5) is 5.69 Å². The predicted octanol–water partition coefficient (Wildman–Crippen LogP) is 1.99. The van der Waals surface area contributed by atoms with Crippen molar-refractivity contribution in [3.8, 4) is 0 Å². The molecule has 0 radical (unpaired) electrons. The van der Waals surface area contributed by atoms with Crippen LogP contribution in [0.15, 0.2) is 18.2 Å². The van der Waals surface area contributed by atoms with Crippen LogP contribution in [0, 0.1) is 0 Å². The van der Waals surface area contributed by atoms with Crippen molar-refractivity contribution in [3.05, 3.63) is 18.2 Å². The summed E-state index contributed by atoms with van der Waals surface area (Å²) in [7, 11) is 0. The molecule has 1 fully saturated rings. The van der Waals surface area contributed by atoms with Gasteiger partial charge in [-0.2, -0.15) is 0 Å². The fourth-order valence-electron chi connectivity index (χ4n) is 2.00. The van der Waals surface area contributed by atoms with Gasteiger partial charge in [0, 0.05) is 0 Å². The normalized spacial score (nSPS) is 21.1. The third kappa shape index (κ3) is 2.12. The average molecular weight is 298 g/mol. The zero-order chi connectivity index (χ0) is 10.8. The van der Waals surface area contributed by atoms with E-state index in [-0.39, 0.29) is 15.0 Å². The number of rotatable bonds is 2. The van der Waals surface area contributed by atoms with Crippen LogP contribution in [-0.4, -0.2) is 40.5 Å². The van der Waals surface area contributed by atoms with Crippen molar-refractivity contribution in [2.24, 2.45) is 0 Å². The Hall–Kier alpha value is -0.511. The van der Waals surface area contributed by atoms with Gasteiger partial charge in [-0.15, -0.1) is 0 Å². The summed E-state index contributed by atoms with van der Waals surface area (Å²) in [6, 6.07) is 6.85. The van der Waals surface area contributed by atoms with Crippen molar-refractivity contribution in [1.29, 1.82) is 0 Å². The van der Waals surface area contributed by atoms with E-state index in [1.54, 1.807) is 0 Å². The Kier molecular flexibility index (Phi) is 3.18. The first kappa shape index (κ1) is 10.6. The van der Waals surface area contributed by atoms with Gasteiger partial charge in [-0.1, -0.05) is 0 Å². The maximum atomic E-state index is 4.49. The van der Waals surface area contributed by atoms with Gasteiger partial charge in [0.05, 0.1) is 0 Å². The van der Waals surface area contributed by atoms with Gasteiger partial charge in [0.1, 0.15) is 0 Å². The Balaban J connectivity index is 1.85. The molecule has 3 rings (SSSR count). The minimum atomic E-state index is 0.0709. The number of aromatic nitrogens is 2. The maximum absolute atomic E-state index is 4.49. The second-order valence-electron chi connectivity index (χ2n) is 4.00. The number of anilines is 1. The molecule has 84 valence electrons. The van der Waals surface area contributed by atoms with E-state index in [9.17, 15) is 0 Å². The van der Waals surface area contributed by atoms with Crippen LogP contribution < -0.4 is 5.32 Å². The van der Waals surface area contributed by atoms with Crippen molar-refractivity contribution in [1.82, 2.24) is 7.96 Å². The standard InChI is InChI=1S/C11H13N3SSe/c1-4-9(11-10(5-1)13-16-14-11)12-8-3-2-6-15-7-8/h1,4-5,8,12H,2-3,6-7H2. The second kappa shape index (κ2) is 4.78. The summed E-state index contributed by atoms with van der Waals surface area (Å²) in [5.74, 6) is 2.53. The molecule has 0 bridgehead atoms. The number of hydrogen-bond acceptors (Lipinski definition) is 4. The molecule has 1 aromatic heterocycles. The molecule has 1 aromatic carbocycles. The summed E-state index contributed by atoms with van der Waals surface area (Å²) in [4.78, 5) is 0. The van der Waals surface area contributed by atoms with Crippen LogP contribution in [0.1, 0.15) is 12.8 Å². The van der Waals surface area contributed by atoms with Gasteiger partial charge in [-0.25, -0.2) is 0 Å². The summed E-state index contributed by atoms with van der Waals surface area (Å²) in [5, 5.41) is 3.62. The van der Waals surface area contributed by atoms with Crippen LogP contribution in [0.5, 0.6) is 0 Å². The monoisotopic (exact) mass is 299 g/mol. The first-order valence-corrected chi connectivity index (χ1v) is 8.18. The molecule has 0 saturated carbocycles. The predicted molar refractivity (Wildman–Crippen MR) is 70.4 cm³/mol. The zero-order valence-electron chi connectivity index (χ0n) is 8.85. The number of benzene rings is 1. The number of fused-ring (bicyclic) bond motifs is 1. The molecule has 1 saturated heterocycles. The number of hydrogen-bond donors (Lipinski definition) is 1. The number of nitrogens with zero attached hydrogens (tertiary/aromatic N) is 2. The fraction of sp³-hybridized carbons (Fsp3) is 0.455. The average Bonchev–Trinajstić information content (AvgIpc) is 2.80. The van der Waals surface area contributed by atoms with E-state index < -0.39 is 0 Å². The molecule has 3 nitrogen and oxygen atoms in total. The van der Waals surface area contributed by atoms with Gasteiger partial charge in [0.15, 0.2) is 0 Å². The Morgan fingerprint density at radius 1 is 1.38 bits per heavy atom. The van der Waals surface area contributed by atoms with Gasteiger partial charge >= 0.3 is 105 Å². The molecule has 16 heavy (non-hydrogen) atoms. The third-order valence-corrected chi connectivity index (χ3v) is 5.16. The van der Waals surface area contributed by atoms with Crippen molar-refractivity contribution in [2.75, 3.05) is 16.8 Å². The first-order chi connectivity index (χ1) is 7.93. The number of thioether (sulfide) groups is 1. The topological polar surface area (TPSA) is 37.8 Å². The fourth-order valence-corrected chi connectivity index (χ4v) is 4.22. The van der Waals surface area contributed by atoms with E-state index in [4.69, 9.17) is 0 Å². The molecular formula is C11H13N3SSe. The second-order valence-corrected chi connectivity index (χ2v) is 6.25. The zero-order valence-corrected chi connectivity index (χ0v) is 11.4. The summed E-state index contributed by atoms with van der Waals surface area (Å²) in [6.07, 6.45) is 2.60. The van der Waals surface area contributed by atoms with Crippen molar-refractivity contribution >= 4 is 43.4 Å². The summed E-state index contributed by atoms with van der Waals surface area (Å²) in [6.45, 7) is 0. The Morgan fingerprint density at radius 2 is 2.38 bits per heavy atom. The summed E-state index contributed by atoms with van der Waals surface area (Å²) >= 11 is 2.11. The van der Waals surface area contributed by atoms with Crippen LogP contribution in [0.3, 0.4) is 0 Å². The summed E-state index contributed by atoms with van der Waals surface area (Å²) < 4.78 is 8.89. The van der Waals surface area contributed by atoms with Crippen LogP contribution in [0.2, 0.25) is 0 Å². The van der Waals surface area contributed by atoms with Gasteiger partial charge in [-0.05, 0) is 0 Å². The Morgan fingerprint density at radius 3 is 3.25 bits per heavy atom. The van der Waals surface area contributed by atoms with Crippen LogP contribution in [0.25, 0.3) is 11.0 Å². The van der Waals surface area contributed by atoms with E-state index in [0.29, 0.717) is 6.04 Å². The molecule has 1 aliphatic rings. The van der Waals surface area contributed by atoms with Gasteiger partial charge in [0.25, 0.3) is 0 Å². The third-order valence-electron chi connectivity index (χ3n) is 2.81. The minimum absolute atomic E-state index is 0.0709. The van der Waals surface area contributed by atoms with E-state index in [1.165, 1.54) is 30.0 Å². The molecular weight excluding hydrogens is 285 g/mol. The Labute approximate surface area is 105 Å². The van der Waals surface area contributed by atoms with E-state index in [2.05, 4.69) is 25.4 Å². The van der Waals surface area contributed by atoms with Crippen molar-refractivity contribution < 1.29 is 0 Å². The molecule has 0 aliphatic carbocycles. The van der Waals surface area contributed by atoms with Gasteiger partial charge in [-0.3, -0.25) is 0 Å². The summed E-state index contributed by atoms with van der Waals surface area (Å²) in [5.41, 5.74) is 3.32. The molecule has 0 amide bonds. The van der Waals surface area contributed by atoms with Crippen LogP contribution in [-0.2, 0) is 0 Å². The van der Waals surface area contributed by atoms with Crippen LogP contribution >= 0.6 is 11.8 Å². The molecule has 1 N–H and O–H groups in total. The molecule has 2 heterocycles. The molecule has 5 heteroatoms. The SMILES string of the molecule is c1cc(NC2CCCSC2)c2n[se]nc2c1. The van der Waals surface area contributed by atoms with Gasteiger partial charge < -0.3 is 0 Å². The molecule has 0 spiro atoms.